The Morgan fingerprint density at radius 2 is 1.69 bits per heavy atom. The Kier molecular flexibility index (Phi) is 7.23. The average molecular weight is 508 g/mol. The van der Waals surface area contributed by atoms with Crippen LogP contribution in [0.2, 0.25) is 4.34 Å². The van der Waals surface area contributed by atoms with Crippen LogP contribution in [0.4, 0.5) is 5.69 Å². The number of amides is 2. The van der Waals surface area contributed by atoms with Crippen LogP contribution in [0.5, 0.6) is 0 Å². The van der Waals surface area contributed by atoms with Crippen LogP contribution < -0.4 is 10.6 Å². The Hall–Kier alpha value is -2.67. The predicted molar refractivity (Wildman–Crippen MR) is 142 cm³/mol. The van der Waals surface area contributed by atoms with Gasteiger partial charge in [0, 0.05) is 5.69 Å². The first-order chi connectivity index (χ1) is 17.0. The smallest absolute Gasteiger partial charge is 0.262 e. The lowest BCUT2D eigenvalue weighted by Crippen LogP contribution is -2.36. The molecule has 2 heterocycles. The first-order valence-corrected chi connectivity index (χ1v) is 13.5. The van der Waals surface area contributed by atoms with Crippen LogP contribution in [0, 0.1) is 0 Å². The maximum Gasteiger partial charge on any atom is 0.262 e. The molecule has 0 spiro atoms. The van der Waals surface area contributed by atoms with E-state index in [2.05, 4.69) is 27.7 Å². The summed E-state index contributed by atoms with van der Waals surface area (Å²) in [6, 6.07) is 20.1. The summed E-state index contributed by atoms with van der Waals surface area (Å²) < 4.78 is 0.532. The summed E-state index contributed by atoms with van der Waals surface area (Å²) in [6.45, 7) is 3.64. The molecular weight excluding hydrogens is 478 g/mol. The second kappa shape index (κ2) is 10.5. The van der Waals surface area contributed by atoms with Gasteiger partial charge in [-0.05, 0) is 92.5 Å². The van der Waals surface area contributed by atoms with Crippen molar-refractivity contribution in [1.82, 2.24) is 10.2 Å². The van der Waals surface area contributed by atoms with Gasteiger partial charge in [0.05, 0.1) is 9.21 Å². The summed E-state index contributed by atoms with van der Waals surface area (Å²) in [6.07, 6.45) is 6.33. The number of carbonyl (C=O) groups excluding carboxylic acids is 2. The Balaban J connectivity index is 1.26. The van der Waals surface area contributed by atoms with Gasteiger partial charge < -0.3 is 15.5 Å². The summed E-state index contributed by atoms with van der Waals surface area (Å²) in [5.41, 5.74) is 3.10. The number of nitrogens with zero attached hydrogens (tertiary/aromatic N) is 1. The molecule has 3 aromatic rings. The van der Waals surface area contributed by atoms with Gasteiger partial charge in [0.2, 0.25) is 0 Å². The number of anilines is 1. The molecule has 2 fully saturated rings. The number of benzene rings is 2. The maximum atomic E-state index is 13.3. The van der Waals surface area contributed by atoms with Crippen molar-refractivity contribution in [2.24, 2.45) is 0 Å². The van der Waals surface area contributed by atoms with Crippen LogP contribution in [-0.4, -0.2) is 36.3 Å². The van der Waals surface area contributed by atoms with E-state index in [0.29, 0.717) is 14.6 Å². The van der Waals surface area contributed by atoms with E-state index in [1.54, 1.807) is 12.1 Å². The molecule has 35 heavy (non-hydrogen) atoms. The van der Waals surface area contributed by atoms with Gasteiger partial charge in [-0.2, -0.15) is 0 Å². The highest BCUT2D eigenvalue weighted by atomic mass is 35.5. The third kappa shape index (κ3) is 5.77. The minimum atomic E-state index is -0.820. The van der Waals surface area contributed by atoms with Gasteiger partial charge in [-0.15, -0.1) is 11.3 Å². The van der Waals surface area contributed by atoms with E-state index < -0.39 is 6.04 Å². The van der Waals surface area contributed by atoms with Gasteiger partial charge >= 0.3 is 0 Å². The summed E-state index contributed by atoms with van der Waals surface area (Å²) >= 11 is 7.18. The normalized spacial score (nSPS) is 17.6. The Bertz CT molecular complexity index is 1170. The molecule has 2 aromatic carbocycles. The fourth-order valence-electron chi connectivity index (χ4n) is 4.92. The molecule has 1 aromatic heterocycles. The van der Waals surface area contributed by atoms with Gasteiger partial charge in [-0.25, -0.2) is 0 Å². The van der Waals surface area contributed by atoms with E-state index in [4.69, 9.17) is 11.6 Å². The summed E-state index contributed by atoms with van der Waals surface area (Å²) in [4.78, 5) is 29.1. The molecule has 1 unspecified atom stereocenters. The fourth-order valence-corrected chi connectivity index (χ4v) is 5.86. The molecule has 7 heteroatoms. The molecule has 2 N–H and O–H groups in total. The minimum absolute atomic E-state index is 0.282. The summed E-state index contributed by atoms with van der Waals surface area (Å²) in [5, 5.41) is 5.86. The van der Waals surface area contributed by atoms with Crippen molar-refractivity contribution in [1.29, 1.82) is 0 Å². The van der Waals surface area contributed by atoms with Gasteiger partial charge in [-0.3, -0.25) is 9.59 Å². The number of carbonyl (C=O) groups is 2. The highest BCUT2D eigenvalue weighted by molar-refractivity contribution is 7.18. The van der Waals surface area contributed by atoms with Crippen LogP contribution in [0.3, 0.4) is 0 Å². The highest BCUT2D eigenvalue weighted by Crippen LogP contribution is 2.51. The van der Waals surface area contributed by atoms with Crippen molar-refractivity contribution >= 4 is 40.4 Å². The molecule has 2 amide bonds. The standard InChI is InChI=1S/C28H30ClN3O2S/c29-24-13-12-23(35-24)26(33)31-25(20-6-2-1-3-7-20)27(34)30-22-10-8-21(9-11-22)28(14-15-28)16-19-32-17-4-5-18-32/h1-3,6-13,25H,4-5,14-19H2,(H,30,34)(H,31,33). The predicted octanol–water partition coefficient (Wildman–Crippen LogP) is 6.03. The van der Waals surface area contributed by atoms with Gasteiger partial charge in [0.1, 0.15) is 6.04 Å². The van der Waals surface area contributed by atoms with Crippen molar-refractivity contribution in [3.05, 3.63) is 87.1 Å². The largest absolute Gasteiger partial charge is 0.336 e. The van der Waals surface area contributed by atoms with Crippen molar-refractivity contribution in [2.75, 3.05) is 25.0 Å². The number of hydrogen-bond donors (Lipinski definition) is 2. The van der Waals surface area contributed by atoms with Crippen LogP contribution in [0.15, 0.2) is 66.7 Å². The molecule has 0 bridgehead atoms. The number of rotatable bonds is 9. The monoisotopic (exact) mass is 507 g/mol. The molecule has 1 saturated carbocycles. The third-order valence-electron chi connectivity index (χ3n) is 7.19. The first-order valence-electron chi connectivity index (χ1n) is 12.3. The first kappa shape index (κ1) is 24.0. The second-order valence-corrected chi connectivity index (χ2v) is 11.3. The lowest BCUT2D eigenvalue weighted by molar-refractivity contribution is -0.118. The van der Waals surface area contributed by atoms with Crippen molar-refractivity contribution in [2.45, 2.75) is 43.6 Å². The molecule has 5 nitrogen and oxygen atoms in total. The van der Waals surface area contributed by atoms with Gasteiger partial charge in [-0.1, -0.05) is 54.1 Å². The maximum absolute atomic E-state index is 13.3. The summed E-state index contributed by atoms with van der Waals surface area (Å²) in [7, 11) is 0. The van der Waals surface area contributed by atoms with Crippen molar-refractivity contribution in [3.8, 4) is 0 Å². The second-order valence-electron chi connectivity index (χ2n) is 9.57. The number of nitrogens with one attached hydrogen (secondary N) is 2. The zero-order valence-electron chi connectivity index (χ0n) is 19.6. The zero-order chi connectivity index (χ0) is 24.3. The topological polar surface area (TPSA) is 61.4 Å². The quantitative estimate of drug-likeness (QED) is 0.372. The molecule has 182 valence electrons. The number of thiophene rings is 1. The SMILES string of the molecule is O=C(NC(C(=O)Nc1ccc(C2(CCN3CCCC3)CC2)cc1)c1ccccc1)c1ccc(Cl)s1. The molecule has 1 saturated heterocycles. The van der Waals surface area contributed by atoms with Crippen molar-refractivity contribution in [3.63, 3.8) is 0 Å². The third-order valence-corrected chi connectivity index (χ3v) is 8.42. The van der Waals surface area contributed by atoms with Gasteiger partial charge in [0.15, 0.2) is 0 Å². The lowest BCUT2D eigenvalue weighted by atomic mass is 9.92. The van der Waals surface area contributed by atoms with E-state index >= 15 is 0 Å². The fraction of sp³-hybridized carbons (Fsp3) is 0.357. The number of halogens is 1. The Morgan fingerprint density at radius 1 is 0.971 bits per heavy atom. The molecule has 1 aliphatic carbocycles. The van der Waals surface area contributed by atoms with E-state index in [-0.39, 0.29) is 11.8 Å². The molecule has 5 rings (SSSR count). The van der Waals surface area contributed by atoms with Crippen LogP contribution in [-0.2, 0) is 10.2 Å². The number of likely N-dealkylation sites (tertiary alicyclic amines) is 1. The van der Waals surface area contributed by atoms with Gasteiger partial charge in [0.25, 0.3) is 11.8 Å². The Morgan fingerprint density at radius 3 is 2.31 bits per heavy atom. The molecule has 1 aliphatic heterocycles. The average Bonchev–Trinajstić information content (AvgIpc) is 3.25. The molecule has 2 aliphatic rings. The van der Waals surface area contributed by atoms with Crippen molar-refractivity contribution < 1.29 is 9.59 Å². The Labute approximate surface area is 215 Å². The molecule has 1 atom stereocenters. The van der Waals surface area contributed by atoms with Crippen LogP contribution in [0.25, 0.3) is 0 Å². The number of hydrogen-bond acceptors (Lipinski definition) is 4. The zero-order valence-corrected chi connectivity index (χ0v) is 21.2. The van der Waals surface area contributed by atoms with E-state index in [1.807, 2.05) is 42.5 Å². The van der Waals surface area contributed by atoms with Crippen LogP contribution in [0.1, 0.15) is 58.9 Å². The van der Waals surface area contributed by atoms with E-state index in [9.17, 15) is 9.59 Å². The highest BCUT2D eigenvalue weighted by Gasteiger charge is 2.43. The van der Waals surface area contributed by atoms with E-state index in [1.165, 1.54) is 68.6 Å². The minimum Gasteiger partial charge on any atom is -0.336 e. The lowest BCUT2D eigenvalue weighted by Gasteiger charge is -2.21. The van der Waals surface area contributed by atoms with E-state index in [0.717, 1.165) is 11.3 Å². The van der Waals surface area contributed by atoms with Crippen LogP contribution >= 0.6 is 22.9 Å². The molecule has 0 radical (unpaired) electrons. The summed E-state index contributed by atoms with van der Waals surface area (Å²) in [5.74, 6) is -0.606. The molecular formula is C28H30ClN3O2S.